The molecule has 0 radical (unpaired) electrons. The summed E-state index contributed by atoms with van der Waals surface area (Å²) < 4.78 is 5.12. The number of amides is 2. The van der Waals surface area contributed by atoms with Crippen molar-refractivity contribution in [2.24, 2.45) is 5.92 Å². The van der Waals surface area contributed by atoms with Crippen LogP contribution in [-0.4, -0.2) is 18.9 Å². The average molecular weight is 338 g/mol. The second-order valence-corrected chi connectivity index (χ2v) is 6.24. The van der Waals surface area contributed by atoms with Crippen LogP contribution in [0.2, 0.25) is 0 Å². The molecule has 0 aromatic heterocycles. The van der Waals surface area contributed by atoms with Crippen LogP contribution in [0.25, 0.3) is 0 Å². The first-order chi connectivity index (χ1) is 12.2. The highest BCUT2D eigenvalue weighted by atomic mass is 16.5. The minimum Gasteiger partial charge on any atom is -0.497 e. The predicted molar refractivity (Wildman–Crippen MR) is 96.3 cm³/mol. The highest BCUT2D eigenvalue weighted by molar-refractivity contribution is 6.39. The van der Waals surface area contributed by atoms with Crippen LogP contribution >= 0.6 is 0 Å². The first-order valence-corrected chi connectivity index (χ1v) is 8.48. The van der Waals surface area contributed by atoms with Gasteiger partial charge in [-0.3, -0.25) is 9.59 Å². The Bertz CT molecular complexity index is 742. The second kappa shape index (κ2) is 7.83. The Morgan fingerprint density at radius 1 is 1.04 bits per heavy atom. The minimum absolute atomic E-state index is 0.126. The van der Waals surface area contributed by atoms with Gasteiger partial charge in [0.05, 0.1) is 13.2 Å². The van der Waals surface area contributed by atoms with Crippen molar-refractivity contribution in [2.75, 3.05) is 12.4 Å². The zero-order valence-corrected chi connectivity index (χ0v) is 14.2. The van der Waals surface area contributed by atoms with Crippen molar-refractivity contribution < 1.29 is 14.3 Å². The number of nitrogens with one attached hydrogen (secondary N) is 2. The summed E-state index contributed by atoms with van der Waals surface area (Å²) >= 11 is 0. The smallest absolute Gasteiger partial charge is 0.313 e. The number of anilines is 1. The fourth-order valence-corrected chi connectivity index (χ4v) is 3.00. The molecule has 25 heavy (non-hydrogen) atoms. The summed E-state index contributed by atoms with van der Waals surface area (Å²) in [7, 11) is 1.55. The van der Waals surface area contributed by atoms with Gasteiger partial charge < -0.3 is 15.4 Å². The van der Waals surface area contributed by atoms with Crippen LogP contribution < -0.4 is 15.4 Å². The Hall–Kier alpha value is -2.82. The molecule has 1 saturated carbocycles. The van der Waals surface area contributed by atoms with Crippen LogP contribution in [0.3, 0.4) is 0 Å². The molecule has 0 spiro atoms. The number of carbonyl (C=O) groups excluding carboxylic acids is 2. The molecule has 5 heteroatoms. The summed E-state index contributed by atoms with van der Waals surface area (Å²) in [5, 5.41) is 5.52. The molecular weight excluding hydrogens is 316 g/mol. The van der Waals surface area contributed by atoms with E-state index in [1.165, 1.54) is 6.42 Å². The number of hydrogen-bond donors (Lipinski definition) is 2. The Balaban J connectivity index is 1.67. The lowest BCUT2D eigenvalue weighted by Gasteiger charge is -2.34. The summed E-state index contributed by atoms with van der Waals surface area (Å²) in [6.07, 6.45) is 3.30. The number of hydrogen-bond acceptors (Lipinski definition) is 3. The minimum atomic E-state index is -0.673. The number of ether oxygens (including phenoxy) is 1. The standard InChI is InChI=1S/C20H22N2O3/c1-25-17-12-6-11-16(13-17)21-19(23)20(24)22-18(15-9-5-10-15)14-7-3-2-4-8-14/h2-4,6-8,11-13,15,18H,5,9-10H2,1H3,(H,21,23)(H,22,24)/t18-/m0/s1. The van der Waals surface area contributed by atoms with Crippen LogP contribution in [0, 0.1) is 5.92 Å². The molecule has 3 rings (SSSR count). The molecule has 1 atom stereocenters. The van der Waals surface area contributed by atoms with E-state index in [0.29, 0.717) is 17.4 Å². The lowest BCUT2D eigenvalue weighted by molar-refractivity contribution is -0.137. The van der Waals surface area contributed by atoms with Crippen LogP contribution in [0.5, 0.6) is 5.75 Å². The number of methoxy groups -OCH3 is 1. The van der Waals surface area contributed by atoms with E-state index >= 15 is 0 Å². The zero-order valence-electron chi connectivity index (χ0n) is 14.2. The highest BCUT2D eigenvalue weighted by Gasteiger charge is 2.31. The molecule has 2 aromatic rings. The van der Waals surface area contributed by atoms with Crippen molar-refractivity contribution in [2.45, 2.75) is 25.3 Å². The fraction of sp³-hybridized carbons (Fsp3) is 0.300. The van der Waals surface area contributed by atoms with E-state index in [-0.39, 0.29) is 6.04 Å². The monoisotopic (exact) mass is 338 g/mol. The number of benzene rings is 2. The molecule has 1 aliphatic carbocycles. The van der Waals surface area contributed by atoms with Gasteiger partial charge in [0.1, 0.15) is 5.75 Å². The van der Waals surface area contributed by atoms with Gasteiger partial charge in [-0.15, -0.1) is 0 Å². The summed E-state index contributed by atoms with van der Waals surface area (Å²) in [5.74, 6) is -0.289. The van der Waals surface area contributed by atoms with Gasteiger partial charge in [-0.1, -0.05) is 42.8 Å². The molecule has 130 valence electrons. The Morgan fingerprint density at radius 2 is 1.80 bits per heavy atom. The Labute approximate surface area is 147 Å². The molecule has 1 aliphatic rings. The molecule has 2 amide bonds. The van der Waals surface area contributed by atoms with Gasteiger partial charge in [0.25, 0.3) is 0 Å². The average Bonchev–Trinajstić information content (AvgIpc) is 2.60. The maximum atomic E-state index is 12.4. The molecule has 0 aliphatic heterocycles. The van der Waals surface area contributed by atoms with E-state index in [2.05, 4.69) is 10.6 Å². The van der Waals surface area contributed by atoms with Crippen molar-refractivity contribution in [3.63, 3.8) is 0 Å². The maximum Gasteiger partial charge on any atom is 0.313 e. The lowest BCUT2D eigenvalue weighted by Crippen LogP contribution is -2.41. The second-order valence-electron chi connectivity index (χ2n) is 6.24. The maximum absolute atomic E-state index is 12.4. The van der Waals surface area contributed by atoms with Crippen molar-refractivity contribution >= 4 is 17.5 Å². The Morgan fingerprint density at radius 3 is 2.44 bits per heavy atom. The summed E-state index contributed by atoms with van der Waals surface area (Å²) in [6, 6.07) is 16.6. The van der Waals surface area contributed by atoms with Crippen LogP contribution in [-0.2, 0) is 9.59 Å². The molecule has 0 saturated heterocycles. The molecule has 5 nitrogen and oxygen atoms in total. The fourth-order valence-electron chi connectivity index (χ4n) is 3.00. The largest absolute Gasteiger partial charge is 0.497 e. The third-order valence-electron chi connectivity index (χ3n) is 4.60. The van der Waals surface area contributed by atoms with Crippen LogP contribution in [0.4, 0.5) is 5.69 Å². The SMILES string of the molecule is COc1cccc(NC(=O)C(=O)N[C@@H](c2ccccc2)C2CCC2)c1. The summed E-state index contributed by atoms with van der Waals surface area (Å²) in [6.45, 7) is 0. The molecular formula is C20H22N2O3. The van der Waals surface area contributed by atoms with Crippen LogP contribution in [0.1, 0.15) is 30.9 Å². The van der Waals surface area contributed by atoms with Crippen molar-refractivity contribution in [3.8, 4) is 5.75 Å². The van der Waals surface area contributed by atoms with Gasteiger partial charge in [0.15, 0.2) is 0 Å². The molecule has 0 heterocycles. The molecule has 0 bridgehead atoms. The third-order valence-corrected chi connectivity index (χ3v) is 4.60. The van der Waals surface area contributed by atoms with Gasteiger partial charge in [0.2, 0.25) is 0 Å². The highest BCUT2D eigenvalue weighted by Crippen LogP contribution is 2.37. The lowest BCUT2D eigenvalue weighted by atomic mass is 9.77. The van der Waals surface area contributed by atoms with E-state index in [9.17, 15) is 9.59 Å². The van der Waals surface area contributed by atoms with E-state index in [4.69, 9.17) is 4.74 Å². The zero-order chi connectivity index (χ0) is 17.6. The molecule has 2 N–H and O–H groups in total. The quantitative estimate of drug-likeness (QED) is 0.822. The first-order valence-electron chi connectivity index (χ1n) is 8.48. The Kier molecular flexibility index (Phi) is 5.33. The van der Waals surface area contributed by atoms with E-state index in [1.54, 1.807) is 31.4 Å². The van der Waals surface area contributed by atoms with Gasteiger partial charge in [-0.2, -0.15) is 0 Å². The first kappa shape index (κ1) is 17.0. The molecule has 2 aromatic carbocycles. The van der Waals surface area contributed by atoms with E-state index < -0.39 is 11.8 Å². The van der Waals surface area contributed by atoms with E-state index in [1.807, 2.05) is 30.3 Å². The number of rotatable bonds is 5. The van der Waals surface area contributed by atoms with Gasteiger partial charge in [0, 0.05) is 11.8 Å². The summed E-state index contributed by atoms with van der Waals surface area (Å²) in [4.78, 5) is 24.6. The van der Waals surface area contributed by atoms with Crippen molar-refractivity contribution in [1.82, 2.24) is 5.32 Å². The topological polar surface area (TPSA) is 67.4 Å². The van der Waals surface area contributed by atoms with Crippen molar-refractivity contribution in [1.29, 1.82) is 0 Å². The molecule has 1 fully saturated rings. The van der Waals surface area contributed by atoms with Crippen LogP contribution in [0.15, 0.2) is 54.6 Å². The number of carbonyl (C=O) groups is 2. The van der Waals surface area contributed by atoms with Gasteiger partial charge in [-0.25, -0.2) is 0 Å². The summed E-state index contributed by atoms with van der Waals surface area (Å²) in [5.41, 5.74) is 1.56. The van der Waals surface area contributed by atoms with Gasteiger partial charge >= 0.3 is 11.8 Å². The normalized spacial score (nSPS) is 14.9. The van der Waals surface area contributed by atoms with Crippen molar-refractivity contribution in [3.05, 3.63) is 60.2 Å². The molecule has 0 unspecified atom stereocenters. The predicted octanol–water partition coefficient (Wildman–Crippen LogP) is 3.29. The van der Waals surface area contributed by atoms with Gasteiger partial charge in [-0.05, 0) is 36.5 Å². The van der Waals surface area contributed by atoms with E-state index in [0.717, 1.165) is 18.4 Å². The third kappa shape index (κ3) is 4.18.